The number of anilines is 1. The first-order valence-electron chi connectivity index (χ1n) is 9.81. The van der Waals surface area contributed by atoms with Gasteiger partial charge in [-0.3, -0.25) is 14.4 Å². The summed E-state index contributed by atoms with van der Waals surface area (Å²) in [6.07, 6.45) is 3.19. The van der Waals surface area contributed by atoms with E-state index >= 15 is 0 Å². The van der Waals surface area contributed by atoms with Crippen molar-refractivity contribution < 1.29 is 14.4 Å². The van der Waals surface area contributed by atoms with Gasteiger partial charge >= 0.3 is 0 Å². The molecular formula is C20H27ClN4O3. The van der Waals surface area contributed by atoms with Crippen LogP contribution in [0, 0.1) is 0 Å². The van der Waals surface area contributed by atoms with Crippen LogP contribution in [0.25, 0.3) is 0 Å². The molecule has 28 heavy (non-hydrogen) atoms. The fourth-order valence-electron chi connectivity index (χ4n) is 3.67. The molecule has 2 saturated heterocycles. The van der Waals surface area contributed by atoms with E-state index < -0.39 is 0 Å². The Balaban J connectivity index is 1.62. The van der Waals surface area contributed by atoms with Crippen LogP contribution >= 0.6 is 11.6 Å². The van der Waals surface area contributed by atoms with E-state index in [-0.39, 0.29) is 24.3 Å². The maximum Gasteiger partial charge on any atom is 0.255 e. The van der Waals surface area contributed by atoms with Crippen LogP contribution in [-0.4, -0.2) is 78.2 Å². The second-order valence-corrected chi connectivity index (χ2v) is 7.72. The Kier molecular flexibility index (Phi) is 6.78. The molecule has 152 valence electrons. The number of piperidine rings is 1. The van der Waals surface area contributed by atoms with Gasteiger partial charge in [-0.2, -0.15) is 0 Å². The van der Waals surface area contributed by atoms with Crippen molar-refractivity contribution in [2.45, 2.75) is 26.2 Å². The lowest BCUT2D eigenvalue weighted by atomic mass is 10.1. The summed E-state index contributed by atoms with van der Waals surface area (Å²) < 4.78 is 0. The standard InChI is InChI=1S/C20H27ClN4O3/c1-15(26)23-9-11-24(12-10-23)19(27)14-22-18-13-16(21)5-6-17(18)20(28)25-7-3-2-4-8-25/h5-6,13,22H,2-4,7-12,14H2,1H3. The monoisotopic (exact) mass is 406 g/mol. The number of benzene rings is 1. The van der Waals surface area contributed by atoms with Gasteiger partial charge in [0, 0.05) is 56.9 Å². The Bertz CT molecular complexity index is 741. The van der Waals surface area contributed by atoms with E-state index in [1.807, 2.05) is 4.90 Å². The molecule has 0 aliphatic carbocycles. The van der Waals surface area contributed by atoms with Crippen molar-refractivity contribution in [1.29, 1.82) is 0 Å². The highest BCUT2D eigenvalue weighted by Gasteiger charge is 2.24. The van der Waals surface area contributed by atoms with Crippen LogP contribution in [0.4, 0.5) is 5.69 Å². The van der Waals surface area contributed by atoms with Crippen molar-refractivity contribution in [3.8, 4) is 0 Å². The molecule has 2 fully saturated rings. The maximum atomic E-state index is 12.9. The molecule has 1 aromatic carbocycles. The molecule has 7 nitrogen and oxygen atoms in total. The lowest BCUT2D eigenvalue weighted by molar-refractivity contribution is -0.137. The molecule has 8 heteroatoms. The number of likely N-dealkylation sites (tertiary alicyclic amines) is 1. The van der Waals surface area contributed by atoms with Crippen molar-refractivity contribution in [2.24, 2.45) is 0 Å². The summed E-state index contributed by atoms with van der Waals surface area (Å²) in [6.45, 7) is 5.30. The molecule has 0 atom stereocenters. The minimum absolute atomic E-state index is 0.0265. The fraction of sp³-hybridized carbons (Fsp3) is 0.550. The van der Waals surface area contributed by atoms with Gasteiger partial charge in [0.25, 0.3) is 5.91 Å². The summed E-state index contributed by atoms with van der Waals surface area (Å²) in [4.78, 5) is 42.2. The number of amides is 3. The first kappa shape index (κ1) is 20.5. The fourth-order valence-corrected chi connectivity index (χ4v) is 3.84. The van der Waals surface area contributed by atoms with Gasteiger partial charge in [-0.15, -0.1) is 0 Å². The molecule has 0 bridgehead atoms. The molecule has 0 aromatic heterocycles. The van der Waals surface area contributed by atoms with Crippen LogP contribution in [0.3, 0.4) is 0 Å². The zero-order chi connectivity index (χ0) is 20.1. The molecule has 2 aliphatic heterocycles. The average Bonchev–Trinajstić information content (AvgIpc) is 2.72. The number of carbonyl (C=O) groups excluding carboxylic acids is 3. The van der Waals surface area contributed by atoms with Crippen LogP contribution in [0.15, 0.2) is 18.2 Å². The van der Waals surface area contributed by atoms with Crippen molar-refractivity contribution >= 4 is 35.0 Å². The molecule has 1 N–H and O–H groups in total. The highest BCUT2D eigenvalue weighted by Crippen LogP contribution is 2.24. The highest BCUT2D eigenvalue weighted by atomic mass is 35.5. The molecule has 0 radical (unpaired) electrons. The minimum Gasteiger partial charge on any atom is -0.375 e. The van der Waals surface area contributed by atoms with Crippen LogP contribution in [-0.2, 0) is 9.59 Å². The summed E-state index contributed by atoms with van der Waals surface area (Å²) in [5.41, 5.74) is 1.12. The maximum absolute atomic E-state index is 12.9. The highest BCUT2D eigenvalue weighted by molar-refractivity contribution is 6.31. The summed E-state index contributed by atoms with van der Waals surface area (Å²) in [5.74, 6) is -0.0500. The Morgan fingerprint density at radius 1 is 0.929 bits per heavy atom. The van der Waals surface area contributed by atoms with E-state index in [1.54, 1.807) is 34.9 Å². The summed E-state index contributed by atoms with van der Waals surface area (Å²) in [6, 6.07) is 5.12. The number of nitrogens with zero attached hydrogens (tertiary/aromatic N) is 3. The van der Waals surface area contributed by atoms with Gasteiger partial charge in [-0.05, 0) is 37.5 Å². The third-order valence-corrected chi connectivity index (χ3v) is 5.60. The molecule has 2 heterocycles. The smallest absolute Gasteiger partial charge is 0.255 e. The average molecular weight is 407 g/mol. The molecule has 3 rings (SSSR count). The Labute approximate surface area is 170 Å². The van der Waals surface area contributed by atoms with E-state index in [2.05, 4.69) is 5.32 Å². The lowest BCUT2D eigenvalue weighted by Crippen LogP contribution is -2.51. The number of rotatable bonds is 4. The first-order valence-corrected chi connectivity index (χ1v) is 10.2. The zero-order valence-electron chi connectivity index (χ0n) is 16.2. The Hall–Kier alpha value is -2.28. The quantitative estimate of drug-likeness (QED) is 0.830. The van der Waals surface area contributed by atoms with E-state index in [9.17, 15) is 14.4 Å². The van der Waals surface area contributed by atoms with Crippen LogP contribution in [0.5, 0.6) is 0 Å². The van der Waals surface area contributed by atoms with E-state index in [0.29, 0.717) is 42.5 Å². The second kappa shape index (κ2) is 9.28. The minimum atomic E-state index is -0.0560. The van der Waals surface area contributed by atoms with Gasteiger partial charge in [-0.25, -0.2) is 0 Å². The molecule has 1 aromatic rings. The molecule has 0 unspecified atom stereocenters. The van der Waals surface area contributed by atoms with Gasteiger partial charge in [0.1, 0.15) is 0 Å². The van der Waals surface area contributed by atoms with E-state index in [0.717, 1.165) is 32.4 Å². The lowest BCUT2D eigenvalue weighted by Gasteiger charge is -2.34. The summed E-state index contributed by atoms with van der Waals surface area (Å²) in [5, 5.41) is 3.62. The predicted molar refractivity (Wildman–Crippen MR) is 109 cm³/mol. The van der Waals surface area contributed by atoms with Crippen molar-refractivity contribution in [1.82, 2.24) is 14.7 Å². The van der Waals surface area contributed by atoms with Gasteiger partial charge in [-0.1, -0.05) is 11.6 Å². The van der Waals surface area contributed by atoms with Crippen LogP contribution in [0.2, 0.25) is 5.02 Å². The molecule has 2 aliphatic rings. The van der Waals surface area contributed by atoms with Gasteiger partial charge in [0.15, 0.2) is 0 Å². The Morgan fingerprint density at radius 2 is 1.57 bits per heavy atom. The van der Waals surface area contributed by atoms with Crippen LogP contribution < -0.4 is 5.32 Å². The topological polar surface area (TPSA) is 73.0 Å². The number of nitrogens with one attached hydrogen (secondary N) is 1. The van der Waals surface area contributed by atoms with E-state index in [4.69, 9.17) is 11.6 Å². The largest absolute Gasteiger partial charge is 0.375 e. The predicted octanol–water partition coefficient (Wildman–Crippen LogP) is 2.07. The summed E-state index contributed by atoms with van der Waals surface area (Å²) >= 11 is 6.12. The number of carbonyl (C=O) groups is 3. The number of hydrogen-bond donors (Lipinski definition) is 1. The number of halogens is 1. The van der Waals surface area contributed by atoms with Crippen molar-refractivity contribution in [3.05, 3.63) is 28.8 Å². The van der Waals surface area contributed by atoms with Crippen LogP contribution in [0.1, 0.15) is 36.5 Å². The summed E-state index contributed by atoms with van der Waals surface area (Å²) in [7, 11) is 0. The zero-order valence-corrected chi connectivity index (χ0v) is 17.0. The van der Waals surface area contributed by atoms with Crippen molar-refractivity contribution in [2.75, 3.05) is 51.1 Å². The normalized spacial score (nSPS) is 17.4. The van der Waals surface area contributed by atoms with E-state index in [1.165, 1.54) is 0 Å². The van der Waals surface area contributed by atoms with Gasteiger partial charge in [0.05, 0.1) is 12.1 Å². The molecule has 0 saturated carbocycles. The number of piperazine rings is 1. The first-order chi connectivity index (χ1) is 13.5. The second-order valence-electron chi connectivity index (χ2n) is 7.28. The number of hydrogen-bond acceptors (Lipinski definition) is 4. The third-order valence-electron chi connectivity index (χ3n) is 5.36. The Morgan fingerprint density at radius 3 is 2.21 bits per heavy atom. The molecule has 0 spiro atoms. The molecule has 3 amide bonds. The van der Waals surface area contributed by atoms with Gasteiger partial charge in [0.2, 0.25) is 11.8 Å². The SMILES string of the molecule is CC(=O)N1CCN(C(=O)CNc2cc(Cl)ccc2C(=O)N2CCCCC2)CC1. The third kappa shape index (κ3) is 4.95. The van der Waals surface area contributed by atoms with Gasteiger partial charge < -0.3 is 20.0 Å². The van der Waals surface area contributed by atoms with Crippen molar-refractivity contribution in [3.63, 3.8) is 0 Å². The molecular weight excluding hydrogens is 380 g/mol.